The molecule has 0 radical (unpaired) electrons. The van der Waals surface area contributed by atoms with Gasteiger partial charge in [0.05, 0.1) is 11.9 Å². The minimum Gasteiger partial charge on any atom is -0.338 e. The molecular formula is C19H18N2. The molecular weight excluding hydrogens is 256 g/mol. The smallest absolute Gasteiger partial charge is 0.137 e. The number of imidazole rings is 1. The number of nitrogens with zero attached hydrogens (tertiary/aromatic N) is 1. The number of rotatable bonds is 3. The van der Waals surface area contributed by atoms with Gasteiger partial charge in [0, 0.05) is 11.1 Å². The van der Waals surface area contributed by atoms with Gasteiger partial charge in [0.25, 0.3) is 0 Å². The fraction of sp³-hybridized carbons (Fsp3) is 0.211. The average molecular weight is 274 g/mol. The SMILES string of the molecule is c1ccc(-c2ncc(-c3ccccc3C3CCC3)[nH]2)cc1. The zero-order chi connectivity index (χ0) is 14.1. The molecule has 1 heterocycles. The number of aromatic nitrogens is 2. The summed E-state index contributed by atoms with van der Waals surface area (Å²) in [7, 11) is 0. The molecule has 104 valence electrons. The standard InChI is InChI=1S/C19H18N2/c1-2-7-15(8-3-1)19-20-13-18(21-19)17-12-5-4-11-16(17)14-9-6-10-14/h1-5,7-8,11-14H,6,9-10H2,(H,20,21). The molecule has 1 aliphatic carbocycles. The summed E-state index contributed by atoms with van der Waals surface area (Å²) in [6.45, 7) is 0. The van der Waals surface area contributed by atoms with E-state index in [2.05, 4.69) is 46.4 Å². The van der Waals surface area contributed by atoms with Gasteiger partial charge >= 0.3 is 0 Å². The summed E-state index contributed by atoms with van der Waals surface area (Å²) < 4.78 is 0. The molecule has 2 heteroatoms. The number of hydrogen-bond acceptors (Lipinski definition) is 1. The lowest BCUT2D eigenvalue weighted by Gasteiger charge is -2.27. The number of H-pyrrole nitrogens is 1. The molecule has 0 bridgehead atoms. The highest BCUT2D eigenvalue weighted by Crippen LogP contribution is 2.40. The molecule has 2 nitrogen and oxygen atoms in total. The average Bonchev–Trinajstić information content (AvgIpc) is 2.97. The van der Waals surface area contributed by atoms with Gasteiger partial charge < -0.3 is 4.98 Å². The Morgan fingerprint density at radius 3 is 2.43 bits per heavy atom. The van der Waals surface area contributed by atoms with Crippen molar-refractivity contribution in [3.05, 3.63) is 66.4 Å². The van der Waals surface area contributed by atoms with Crippen LogP contribution in [0, 0.1) is 0 Å². The summed E-state index contributed by atoms with van der Waals surface area (Å²) in [4.78, 5) is 8.03. The van der Waals surface area contributed by atoms with Crippen molar-refractivity contribution < 1.29 is 0 Å². The first-order chi connectivity index (χ1) is 10.4. The highest BCUT2D eigenvalue weighted by atomic mass is 14.9. The Kier molecular flexibility index (Phi) is 3.07. The fourth-order valence-corrected chi connectivity index (χ4v) is 3.02. The van der Waals surface area contributed by atoms with Crippen LogP contribution in [0.4, 0.5) is 0 Å². The van der Waals surface area contributed by atoms with E-state index in [0.29, 0.717) is 0 Å². The molecule has 21 heavy (non-hydrogen) atoms. The molecule has 0 atom stereocenters. The molecule has 1 saturated carbocycles. The van der Waals surface area contributed by atoms with E-state index in [1.165, 1.54) is 30.4 Å². The summed E-state index contributed by atoms with van der Waals surface area (Å²) in [5, 5.41) is 0. The van der Waals surface area contributed by atoms with Crippen LogP contribution in [0.15, 0.2) is 60.8 Å². The third-order valence-electron chi connectivity index (χ3n) is 4.42. The summed E-state index contributed by atoms with van der Waals surface area (Å²) in [6.07, 6.45) is 5.95. The molecule has 1 aromatic heterocycles. The van der Waals surface area contributed by atoms with Crippen molar-refractivity contribution in [3.8, 4) is 22.6 Å². The molecule has 2 aromatic carbocycles. The first-order valence-electron chi connectivity index (χ1n) is 7.61. The third-order valence-corrected chi connectivity index (χ3v) is 4.42. The molecule has 0 amide bonds. The number of benzene rings is 2. The van der Waals surface area contributed by atoms with Crippen LogP contribution < -0.4 is 0 Å². The van der Waals surface area contributed by atoms with Crippen LogP contribution in [0.1, 0.15) is 30.7 Å². The Morgan fingerprint density at radius 2 is 1.67 bits per heavy atom. The van der Waals surface area contributed by atoms with Crippen LogP contribution in [-0.2, 0) is 0 Å². The van der Waals surface area contributed by atoms with E-state index in [1.807, 2.05) is 24.4 Å². The lowest BCUT2D eigenvalue weighted by molar-refractivity contribution is 0.420. The molecule has 0 spiro atoms. The minimum atomic E-state index is 0.727. The van der Waals surface area contributed by atoms with Gasteiger partial charge in [-0.3, -0.25) is 0 Å². The zero-order valence-corrected chi connectivity index (χ0v) is 11.9. The van der Waals surface area contributed by atoms with Crippen molar-refractivity contribution in [2.75, 3.05) is 0 Å². The van der Waals surface area contributed by atoms with E-state index >= 15 is 0 Å². The van der Waals surface area contributed by atoms with Crippen molar-refractivity contribution in [1.29, 1.82) is 0 Å². The Morgan fingerprint density at radius 1 is 0.905 bits per heavy atom. The minimum absolute atomic E-state index is 0.727. The lowest BCUT2D eigenvalue weighted by atomic mass is 9.78. The zero-order valence-electron chi connectivity index (χ0n) is 11.9. The van der Waals surface area contributed by atoms with Gasteiger partial charge in [-0.05, 0) is 24.3 Å². The van der Waals surface area contributed by atoms with Crippen molar-refractivity contribution in [3.63, 3.8) is 0 Å². The Bertz CT molecular complexity index is 739. The summed E-state index contributed by atoms with van der Waals surface area (Å²) in [6, 6.07) is 19.0. The topological polar surface area (TPSA) is 28.7 Å². The predicted octanol–water partition coefficient (Wildman–Crippen LogP) is 5.01. The maximum Gasteiger partial charge on any atom is 0.137 e. The van der Waals surface area contributed by atoms with Crippen LogP contribution in [0.25, 0.3) is 22.6 Å². The van der Waals surface area contributed by atoms with Crippen LogP contribution in [0.5, 0.6) is 0 Å². The highest BCUT2D eigenvalue weighted by Gasteiger charge is 2.22. The Labute approximate surface area is 124 Å². The molecule has 1 aliphatic rings. The molecule has 1 fully saturated rings. The highest BCUT2D eigenvalue weighted by molar-refractivity contribution is 5.68. The van der Waals surface area contributed by atoms with Crippen LogP contribution in [-0.4, -0.2) is 9.97 Å². The Balaban J connectivity index is 1.73. The second-order valence-corrected chi connectivity index (χ2v) is 5.73. The maximum atomic E-state index is 4.55. The molecule has 0 unspecified atom stereocenters. The van der Waals surface area contributed by atoms with E-state index in [4.69, 9.17) is 0 Å². The first kappa shape index (κ1) is 12.4. The predicted molar refractivity (Wildman–Crippen MR) is 86.1 cm³/mol. The second-order valence-electron chi connectivity index (χ2n) is 5.73. The molecule has 3 aromatic rings. The van der Waals surface area contributed by atoms with Gasteiger partial charge in [-0.25, -0.2) is 4.98 Å². The van der Waals surface area contributed by atoms with Crippen LogP contribution in [0.2, 0.25) is 0 Å². The first-order valence-corrected chi connectivity index (χ1v) is 7.61. The molecule has 0 saturated heterocycles. The normalized spacial score (nSPS) is 14.9. The van der Waals surface area contributed by atoms with Crippen molar-refractivity contribution in [2.45, 2.75) is 25.2 Å². The Hall–Kier alpha value is -2.35. The van der Waals surface area contributed by atoms with E-state index in [-0.39, 0.29) is 0 Å². The van der Waals surface area contributed by atoms with Crippen molar-refractivity contribution in [1.82, 2.24) is 9.97 Å². The lowest BCUT2D eigenvalue weighted by Crippen LogP contribution is -2.09. The van der Waals surface area contributed by atoms with E-state index in [9.17, 15) is 0 Å². The van der Waals surface area contributed by atoms with Gasteiger partial charge in [0.15, 0.2) is 0 Å². The van der Waals surface area contributed by atoms with E-state index in [1.54, 1.807) is 0 Å². The van der Waals surface area contributed by atoms with Crippen molar-refractivity contribution >= 4 is 0 Å². The van der Waals surface area contributed by atoms with Gasteiger partial charge in [-0.1, -0.05) is 61.0 Å². The van der Waals surface area contributed by atoms with Gasteiger partial charge in [-0.15, -0.1) is 0 Å². The number of aromatic amines is 1. The summed E-state index contributed by atoms with van der Waals surface area (Å²) in [5.41, 5.74) is 5.02. The summed E-state index contributed by atoms with van der Waals surface area (Å²) in [5.74, 6) is 1.67. The summed E-state index contributed by atoms with van der Waals surface area (Å²) >= 11 is 0. The van der Waals surface area contributed by atoms with Gasteiger partial charge in [-0.2, -0.15) is 0 Å². The van der Waals surface area contributed by atoms with E-state index < -0.39 is 0 Å². The largest absolute Gasteiger partial charge is 0.338 e. The van der Waals surface area contributed by atoms with Crippen molar-refractivity contribution in [2.24, 2.45) is 0 Å². The number of hydrogen-bond donors (Lipinski definition) is 1. The van der Waals surface area contributed by atoms with E-state index in [0.717, 1.165) is 23.0 Å². The van der Waals surface area contributed by atoms with Gasteiger partial charge in [0.1, 0.15) is 5.82 Å². The quantitative estimate of drug-likeness (QED) is 0.714. The second kappa shape index (κ2) is 5.21. The molecule has 0 aliphatic heterocycles. The molecule has 4 rings (SSSR count). The van der Waals surface area contributed by atoms with Crippen LogP contribution >= 0.6 is 0 Å². The maximum absolute atomic E-state index is 4.55. The fourth-order valence-electron chi connectivity index (χ4n) is 3.02. The third kappa shape index (κ3) is 2.27. The number of nitrogens with one attached hydrogen (secondary N) is 1. The molecule has 1 N–H and O–H groups in total. The van der Waals surface area contributed by atoms with Crippen LogP contribution in [0.3, 0.4) is 0 Å². The van der Waals surface area contributed by atoms with Gasteiger partial charge in [0.2, 0.25) is 0 Å². The monoisotopic (exact) mass is 274 g/mol.